The molecule has 1 N–H and O–H groups in total. The SMILES string of the molecule is CCCCCNCC(C)OCc1ccc(Cl)cc1. The van der Waals surface area contributed by atoms with E-state index in [9.17, 15) is 0 Å². The topological polar surface area (TPSA) is 21.3 Å². The fraction of sp³-hybridized carbons (Fsp3) is 0.600. The lowest BCUT2D eigenvalue weighted by Gasteiger charge is -2.14. The minimum Gasteiger partial charge on any atom is -0.373 e. The molecule has 1 unspecified atom stereocenters. The third kappa shape index (κ3) is 7.00. The molecule has 1 rings (SSSR count). The lowest BCUT2D eigenvalue weighted by atomic mass is 10.2. The van der Waals surface area contributed by atoms with Crippen molar-refractivity contribution in [1.29, 1.82) is 0 Å². The standard InChI is InChI=1S/C15H24ClNO/c1-3-4-5-10-17-11-13(2)18-12-14-6-8-15(16)9-7-14/h6-9,13,17H,3-5,10-12H2,1-2H3. The molecule has 18 heavy (non-hydrogen) atoms. The predicted octanol–water partition coefficient (Wildman–Crippen LogP) is 4.02. The van der Waals surface area contributed by atoms with Crippen LogP contribution in [0.1, 0.15) is 38.7 Å². The van der Waals surface area contributed by atoms with Crippen LogP contribution in [0.25, 0.3) is 0 Å². The summed E-state index contributed by atoms with van der Waals surface area (Å²) < 4.78 is 5.77. The molecule has 0 aliphatic rings. The van der Waals surface area contributed by atoms with Crippen LogP contribution in [0.15, 0.2) is 24.3 Å². The van der Waals surface area contributed by atoms with Gasteiger partial charge in [0, 0.05) is 11.6 Å². The molecule has 102 valence electrons. The van der Waals surface area contributed by atoms with E-state index >= 15 is 0 Å². The summed E-state index contributed by atoms with van der Waals surface area (Å²) in [5, 5.41) is 4.19. The zero-order chi connectivity index (χ0) is 13.2. The number of rotatable bonds is 9. The third-order valence-corrected chi connectivity index (χ3v) is 3.09. The van der Waals surface area contributed by atoms with E-state index in [4.69, 9.17) is 16.3 Å². The smallest absolute Gasteiger partial charge is 0.0721 e. The molecule has 0 spiro atoms. The molecule has 0 aliphatic heterocycles. The van der Waals surface area contributed by atoms with Gasteiger partial charge in [0.2, 0.25) is 0 Å². The van der Waals surface area contributed by atoms with Crippen molar-refractivity contribution in [1.82, 2.24) is 5.32 Å². The molecule has 1 atom stereocenters. The number of nitrogens with one attached hydrogen (secondary N) is 1. The van der Waals surface area contributed by atoms with Crippen molar-refractivity contribution in [2.45, 2.75) is 45.8 Å². The van der Waals surface area contributed by atoms with Gasteiger partial charge < -0.3 is 10.1 Å². The van der Waals surface area contributed by atoms with Crippen LogP contribution >= 0.6 is 11.6 Å². The van der Waals surface area contributed by atoms with Gasteiger partial charge in [0.05, 0.1) is 12.7 Å². The van der Waals surface area contributed by atoms with Crippen molar-refractivity contribution in [2.24, 2.45) is 0 Å². The zero-order valence-electron chi connectivity index (χ0n) is 11.4. The van der Waals surface area contributed by atoms with Gasteiger partial charge in [-0.2, -0.15) is 0 Å². The second-order valence-electron chi connectivity index (χ2n) is 4.66. The Kier molecular flexibility index (Phi) is 8.06. The molecule has 0 bridgehead atoms. The normalized spacial score (nSPS) is 12.6. The van der Waals surface area contributed by atoms with Crippen molar-refractivity contribution >= 4 is 11.6 Å². The van der Waals surface area contributed by atoms with Gasteiger partial charge in [-0.15, -0.1) is 0 Å². The van der Waals surface area contributed by atoms with Crippen molar-refractivity contribution < 1.29 is 4.74 Å². The summed E-state index contributed by atoms with van der Waals surface area (Å²) in [6.45, 7) is 6.97. The van der Waals surface area contributed by atoms with Crippen molar-refractivity contribution in [3.63, 3.8) is 0 Å². The highest BCUT2D eigenvalue weighted by Crippen LogP contribution is 2.10. The van der Waals surface area contributed by atoms with Gasteiger partial charge >= 0.3 is 0 Å². The van der Waals surface area contributed by atoms with Crippen LogP contribution in [-0.4, -0.2) is 19.2 Å². The molecule has 0 saturated heterocycles. The van der Waals surface area contributed by atoms with E-state index in [1.165, 1.54) is 19.3 Å². The highest BCUT2D eigenvalue weighted by atomic mass is 35.5. The van der Waals surface area contributed by atoms with Gasteiger partial charge in [0.1, 0.15) is 0 Å². The molecule has 2 nitrogen and oxygen atoms in total. The van der Waals surface area contributed by atoms with Crippen LogP contribution in [-0.2, 0) is 11.3 Å². The van der Waals surface area contributed by atoms with Crippen LogP contribution in [0.4, 0.5) is 0 Å². The van der Waals surface area contributed by atoms with Gasteiger partial charge in [-0.3, -0.25) is 0 Å². The van der Waals surface area contributed by atoms with Crippen molar-refractivity contribution in [3.05, 3.63) is 34.9 Å². The monoisotopic (exact) mass is 269 g/mol. The quantitative estimate of drug-likeness (QED) is 0.684. The Balaban J connectivity index is 2.09. The number of unbranched alkanes of at least 4 members (excludes halogenated alkanes) is 2. The Morgan fingerprint density at radius 3 is 2.61 bits per heavy atom. The molecule has 1 aromatic carbocycles. The van der Waals surface area contributed by atoms with E-state index in [1.54, 1.807) is 0 Å². The Morgan fingerprint density at radius 1 is 1.22 bits per heavy atom. The first-order chi connectivity index (χ1) is 8.72. The predicted molar refractivity (Wildman–Crippen MR) is 78.1 cm³/mol. The Hall–Kier alpha value is -0.570. The number of ether oxygens (including phenoxy) is 1. The lowest BCUT2D eigenvalue weighted by molar-refractivity contribution is 0.0533. The third-order valence-electron chi connectivity index (χ3n) is 2.84. The molecule has 0 heterocycles. The Labute approximate surface area is 116 Å². The summed E-state index contributed by atoms with van der Waals surface area (Å²) in [4.78, 5) is 0. The summed E-state index contributed by atoms with van der Waals surface area (Å²) in [6, 6.07) is 7.80. The molecular formula is C15H24ClNO. The van der Waals surface area contributed by atoms with E-state index in [1.807, 2.05) is 24.3 Å². The number of hydrogen-bond donors (Lipinski definition) is 1. The molecule has 0 amide bonds. The van der Waals surface area contributed by atoms with Gasteiger partial charge in [-0.1, -0.05) is 43.5 Å². The van der Waals surface area contributed by atoms with Crippen molar-refractivity contribution in [2.75, 3.05) is 13.1 Å². The molecule has 0 aliphatic carbocycles. The van der Waals surface area contributed by atoms with Crippen LogP contribution in [0, 0.1) is 0 Å². The molecule has 0 fully saturated rings. The summed E-state index contributed by atoms with van der Waals surface area (Å²) >= 11 is 5.83. The molecule has 1 aromatic rings. The first kappa shape index (κ1) is 15.5. The maximum Gasteiger partial charge on any atom is 0.0721 e. The fourth-order valence-electron chi connectivity index (χ4n) is 1.68. The summed E-state index contributed by atoms with van der Waals surface area (Å²) in [7, 11) is 0. The first-order valence-electron chi connectivity index (χ1n) is 6.79. The van der Waals surface area contributed by atoms with Gasteiger partial charge in [0.15, 0.2) is 0 Å². The van der Waals surface area contributed by atoms with E-state index in [0.717, 1.165) is 23.7 Å². The van der Waals surface area contributed by atoms with Crippen LogP contribution in [0.3, 0.4) is 0 Å². The molecule has 0 aromatic heterocycles. The fourth-order valence-corrected chi connectivity index (χ4v) is 1.81. The molecule has 0 radical (unpaired) electrons. The average Bonchev–Trinajstić information content (AvgIpc) is 2.38. The number of hydrogen-bond acceptors (Lipinski definition) is 2. The highest BCUT2D eigenvalue weighted by molar-refractivity contribution is 6.30. The second-order valence-corrected chi connectivity index (χ2v) is 5.10. The van der Waals surface area contributed by atoms with E-state index in [2.05, 4.69) is 19.2 Å². The molecular weight excluding hydrogens is 246 g/mol. The maximum absolute atomic E-state index is 5.83. The Bertz CT molecular complexity index is 313. The van der Waals surface area contributed by atoms with Crippen LogP contribution in [0.5, 0.6) is 0 Å². The summed E-state index contributed by atoms with van der Waals surface area (Å²) in [5.41, 5.74) is 1.16. The van der Waals surface area contributed by atoms with E-state index in [-0.39, 0.29) is 6.10 Å². The number of benzene rings is 1. The lowest BCUT2D eigenvalue weighted by Crippen LogP contribution is -2.27. The van der Waals surface area contributed by atoms with Gasteiger partial charge in [0.25, 0.3) is 0 Å². The second kappa shape index (κ2) is 9.37. The van der Waals surface area contributed by atoms with E-state index < -0.39 is 0 Å². The molecule has 0 saturated carbocycles. The average molecular weight is 270 g/mol. The highest BCUT2D eigenvalue weighted by Gasteiger charge is 2.02. The van der Waals surface area contributed by atoms with Gasteiger partial charge in [-0.25, -0.2) is 0 Å². The largest absolute Gasteiger partial charge is 0.373 e. The van der Waals surface area contributed by atoms with Crippen LogP contribution in [0.2, 0.25) is 5.02 Å². The minimum atomic E-state index is 0.238. The minimum absolute atomic E-state index is 0.238. The van der Waals surface area contributed by atoms with Gasteiger partial charge in [-0.05, 0) is 37.6 Å². The van der Waals surface area contributed by atoms with Crippen molar-refractivity contribution in [3.8, 4) is 0 Å². The maximum atomic E-state index is 5.83. The zero-order valence-corrected chi connectivity index (χ0v) is 12.2. The first-order valence-corrected chi connectivity index (χ1v) is 7.17. The van der Waals surface area contributed by atoms with Crippen LogP contribution < -0.4 is 5.32 Å². The molecule has 3 heteroatoms. The van der Waals surface area contributed by atoms with E-state index in [0.29, 0.717) is 6.61 Å². The summed E-state index contributed by atoms with van der Waals surface area (Å²) in [5.74, 6) is 0. The number of halogens is 1. The Morgan fingerprint density at radius 2 is 1.94 bits per heavy atom. The summed E-state index contributed by atoms with van der Waals surface area (Å²) in [6.07, 6.45) is 4.06.